The van der Waals surface area contributed by atoms with Gasteiger partial charge in [0.2, 0.25) is 0 Å². The normalized spacial score (nSPS) is 22.5. The number of guanidine groups is 1. The monoisotopic (exact) mass is 409 g/mol. The summed E-state index contributed by atoms with van der Waals surface area (Å²) in [5.74, 6) is 0.812. The van der Waals surface area contributed by atoms with Gasteiger partial charge in [-0.15, -0.1) is 0 Å². The summed E-state index contributed by atoms with van der Waals surface area (Å²) in [6.07, 6.45) is 2.01. The number of aliphatic imine (C=N–C) groups is 1. The van der Waals surface area contributed by atoms with E-state index in [2.05, 4.69) is 19.9 Å². The molecular formula is C19H34F3N3O3. The van der Waals surface area contributed by atoms with Crippen LogP contribution in [-0.4, -0.2) is 81.9 Å². The molecule has 28 heavy (non-hydrogen) atoms. The first-order chi connectivity index (χ1) is 13.5. The van der Waals surface area contributed by atoms with Gasteiger partial charge < -0.3 is 24.4 Å². The highest BCUT2D eigenvalue weighted by atomic mass is 19.4. The zero-order chi connectivity index (χ0) is 20.2. The van der Waals surface area contributed by atoms with Gasteiger partial charge in [-0.25, -0.2) is 0 Å². The molecule has 2 rings (SSSR count). The lowest BCUT2D eigenvalue weighted by molar-refractivity contribution is -0.173. The summed E-state index contributed by atoms with van der Waals surface area (Å²) in [5, 5.41) is 3.26. The lowest BCUT2D eigenvalue weighted by atomic mass is 10.1. The fourth-order valence-electron chi connectivity index (χ4n) is 3.38. The molecule has 0 amide bonds. The molecule has 1 atom stereocenters. The molecule has 1 unspecified atom stereocenters. The zero-order valence-corrected chi connectivity index (χ0v) is 16.8. The molecule has 6 nitrogen and oxygen atoms in total. The van der Waals surface area contributed by atoms with Crippen LogP contribution in [0.15, 0.2) is 4.99 Å². The lowest BCUT2D eigenvalue weighted by Crippen LogP contribution is -2.47. The van der Waals surface area contributed by atoms with Crippen molar-refractivity contribution >= 4 is 5.96 Å². The molecule has 0 aromatic rings. The van der Waals surface area contributed by atoms with Crippen LogP contribution in [0.4, 0.5) is 13.2 Å². The summed E-state index contributed by atoms with van der Waals surface area (Å²) in [7, 11) is 0. The van der Waals surface area contributed by atoms with Gasteiger partial charge in [0.25, 0.3) is 0 Å². The zero-order valence-electron chi connectivity index (χ0n) is 16.8. The number of piperidine rings is 1. The first kappa shape index (κ1) is 23.2. The highest BCUT2D eigenvalue weighted by Crippen LogP contribution is 2.18. The Bertz CT molecular complexity index is 449. The predicted molar refractivity (Wildman–Crippen MR) is 102 cm³/mol. The summed E-state index contributed by atoms with van der Waals surface area (Å²) in [5.41, 5.74) is 0. The number of nitrogens with zero attached hydrogens (tertiary/aromatic N) is 2. The Labute approximate surface area is 165 Å². The molecule has 2 aliphatic heterocycles. The molecule has 1 N–H and O–H groups in total. The summed E-state index contributed by atoms with van der Waals surface area (Å²) < 4.78 is 52.5. The van der Waals surface area contributed by atoms with Crippen molar-refractivity contribution in [3.05, 3.63) is 0 Å². The van der Waals surface area contributed by atoms with Crippen LogP contribution in [-0.2, 0) is 14.2 Å². The van der Waals surface area contributed by atoms with Gasteiger partial charge in [0.1, 0.15) is 6.61 Å². The van der Waals surface area contributed by atoms with Crippen LogP contribution in [0.5, 0.6) is 0 Å². The third-order valence-electron chi connectivity index (χ3n) is 4.84. The number of hydrogen-bond donors (Lipinski definition) is 1. The van der Waals surface area contributed by atoms with Crippen molar-refractivity contribution in [2.75, 3.05) is 52.6 Å². The summed E-state index contributed by atoms with van der Waals surface area (Å²) in [4.78, 5) is 6.72. The van der Waals surface area contributed by atoms with Crippen LogP contribution in [0.3, 0.4) is 0 Å². The summed E-state index contributed by atoms with van der Waals surface area (Å²) >= 11 is 0. The Balaban J connectivity index is 1.65. The van der Waals surface area contributed by atoms with Crippen LogP contribution in [0.1, 0.15) is 45.4 Å². The lowest BCUT2D eigenvalue weighted by Gasteiger charge is -2.35. The maximum atomic E-state index is 12.0. The van der Waals surface area contributed by atoms with Crippen LogP contribution < -0.4 is 5.32 Å². The maximum Gasteiger partial charge on any atom is 0.411 e. The van der Waals surface area contributed by atoms with Crippen molar-refractivity contribution in [1.29, 1.82) is 0 Å². The van der Waals surface area contributed by atoms with E-state index in [9.17, 15) is 13.2 Å². The van der Waals surface area contributed by atoms with Crippen LogP contribution in [0.2, 0.25) is 0 Å². The van der Waals surface area contributed by atoms with Gasteiger partial charge in [-0.05, 0) is 45.4 Å². The Morgan fingerprint density at radius 3 is 2.64 bits per heavy atom. The second-order valence-electron chi connectivity index (χ2n) is 7.27. The molecule has 0 spiro atoms. The second kappa shape index (κ2) is 12.5. The van der Waals surface area contributed by atoms with Crippen LogP contribution in [0, 0.1) is 0 Å². The van der Waals surface area contributed by atoms with Gasteiger partial charge in [-0.3, -0.25) is 4.99 Å². The Morgan fingerprint density at radius 2 is 2.00 bits per heavy atom. The summed E-state index contributed by atoms with van der Waals surface area (Å²) in [6, 6.07) is 0. The average Bonchev–Trinajstić information content (AvgIpc) is 2.68. The minimum atomic E-state index is -4.27. The Morgan fingerprint density at radius 1 is 1.21 bits per heavy atom. The largest absolute Gasteiger partial charge is 0.411 e. The first-order valence-corrected chi connectivity index (χ1v) is 10.4. The molecule has 0 aromatic carbocycles. The van der Waals surface area contributed by atoms with Crippen molar-refractivity contribution in [3.63, 3.8) is 0 Å². The fraction of sp³-hybridized carbons (Fsp3) is 0.947. The topological polar surface area (TPSA) is 55.3 Å². The standard InChI is InChI=1S/C19H34F3N3O3/c1-2-23-18(24-9-5-12-26-15-19(20,21)22)25-10-7-16(8-11-25)28-14-17-6-3-4-13-27-17/h16-17H,2-15H2,1H3,(H,23,24). The number of hydrogen-bond acceptors (Lipinski definition) is 4. The van der Waals surface area contributed by atoms with Crippen molar-refractivity contribution in [2.45, 2.75) is 63.8 Å². The van der Waals surface area contributed by atoms with Crippen molar-refractivity contribution in [3.8, 4) is 0 Å². The number of nitrogens with one attached hydrogen (secondary N) is 1. The van der Waals surface area contributed by atoms with E-state index in [1.807, 2.05) is 6.92 Å². The predicted octanol–water partition coefficient (Wildman–Crippen LogP) is 2.97. The highest BCUT2D eigenvalue weighted by molar-refractivity contribution is 5.80. The average molecular weight is 409 g/mol. The maximum absolute atomic E-state index is 12.0. The van der Waals surface area contributed by atoms with Crippen molar-refractivity contribution < 1.29 is 27.4 Å². The fourth-order valence-corrected chi connectivity index (χ4v) is 3.38. The Hall–Kier alpha value is -1.06. The summed E-state index contributed by atoms with van der Waals surface area (Å²) in [6.45, 7) is 5.28. The minimum Gasteiger partial charge on any atom is -0.376 e. The highest BCUT2D eigenvalue weighted by Gasteiger charge is 2.27. The van der Waals surface area contributed by atoms with E-state index in [1.54, 1.807) is 0 Å². The first-order valence-electron chi connectivity index (χ1n) is 10.4. The molecule has 2 saturated heterocycles. The van der Waals surface area contributed by atoms with E-state index in [4.69, 9.17) is 9.47 Å². The van der Waals surface area contributed by atoms with Gasteiger partial charge in [0, 0.05) is 39.4 Å². The van der Waals surface area contributed by atoms with Gasteiger partial charge in [-0.2, -0.15) is 13.2 Å². The third kappa shape index (κ3) is 9.43. The quantitative estimate of drug-likeness (QED) is 0.361. The van der Waals surface area contributed by atoms with E-state index >= 15 is 0 Å². The molecule has 2 heterocycles. The Kier molecular flexibility index (Phi) is 10.4. The molecule has 2 fully saturated rings. The van der Waals surface area contributed by atoms with Crippen LogP contribution >= 0.6 is 0 Å². The number of alkyl halides is 3. The molecule has 164 valence electrons. The molecule has 9 heteroatoms. The van der Waals surface area contributed by atoms with E-state index in [-0.39, 0.29) is 18.8 Å². The van der Waals surface area contributed by atoms with Crippen molar-refractivity contribution in [1.82, 2.24) is 10.2 Å². The van der Waals surface area contributed by atoms with Gasteiger partial charge in [-0.1, -0.05) is 0 Å². The van der Waals surface area contributed by atoms with Crippen LogP contribution in [0.25, 0.3) is 0 Å². The molecule has 0 aromatic heterocycles. The molecule has 0 saturated carbocycles. The SMILES string of the molecule is CCNC(=NCCCOCC(F)(F)F)N1CCC(OCC2CCCCO2)CC1. The smallest absolute Gasteiger partial charge is 0.376 e. The number of rotatable bonds is 9. The van der Waals surface area contributed by atoms with Gasteiger partial charge in [0.05, 0.1) is 18.8 Å². The second-order valence-corrected chi connectivity index (χ2v) is 7.27. The van der Waals surface area contributed by atoms with E-state index in [0.29, 0.717) is 19.6 Å². The molecule has 0 radical (unpaired) electrons. The molecule has 0 aliphatic carbocycles. The molecular weight excluding hydrogens is 375 g/mol. The van der Waals surface area contributed by atoms with Crippen molar-refractivity contribution in [2.24, 2.45) is 4.99 Å². The van der Waals surface area contributed by atoms with E-state index < -0.39 is 12.8 Å². The van der Waals surface area contributed by atoms with Gasteiger partial charge in [0.15, 0.2) is 5.96 Å². The van der Waals surface area contributed by atoms with E-state index in [1.165, 1.54) is 6.42 Å². The number of likely N-dealkylation sites (tertiary alicyclic amines) is 1. The third-order valence-corrected chi connectivity index (χ3v) is 4.84. The van der Waals surface area contributed by atoms with E-state index in [0.717, 1.165) is 57.9 Å². The molecule has 2 aliphatic rings. The van der Waals surface area contributed by atoms with Gasteiger partial charge >= 0.3 is 6.18 Å². The number of halogens is 3. The number of ether oxygens (including phenoxy) is 3. The minimum absolute atomic E-state index is 0.0571. The molecule has 0 bridgehead atoms.